The van der Waals surface area contributed by atoms with E-state index in [1.54, 1.807) is 11.0 Å². The second-order valence-corrected chi connectivity index (χ2v) is 7.04. The van der Waals surface area contributed by atoms with E-state index in [1.807, 2.05) is 55.5 Å². The number of nitrogens with zero attached hydrogens (tertiary/aromatic N) is 3. The SMILES string of the molecule is CCN(Cc1ccccc1Cl)C(=O)Cn1c(=O)ccn(Cc2ccccc2)c1=O. The van der Waals surface area contributed by atoms with Crippen LogP contribution < -0.4 is 11.2 Å². The van der Waals surface area contributed by atoms with Crippen LogP contribution in [0.2, 0.25) is 5.02 Å². The molecule has 3 aromatic rings. The molecule has 0 saturated heterocycles. The van der Waals surface area contributed by atoms with E-state index < -0.39 is 11.2 Å². The number of amides is 1. The van der Waals surface area contributed by atoms with Crippen LogP contribution in [0.1, 0.15) is 18.1 Å². The van der Waals surface area contributed by atoms with E-state index in [2.05, 4.69) is 0 Å². The number of aromatic nitrogens is 2. The molecule has 0 unspecified atom stereocenters. The normalized spacial score (nSPS) is 10.7. The summed E-state index contributed by atoms with van der Waals surface area (Å²) in [5.74, 6) is -0.316. The zero-order valence-corrected chi connectivity index (χ0v) is 16.9. The molecule has 1 amide bonds. The summed E-state index contributed by atoms with van der Waals surface area (Å²) in [6.45, 7) is 2.60. The zero-order chi connectivity index (χ0) is 20.8. The second kappa shape index (κ2) is 9.39. The van der Waals surface area contributed by atoms with Crippen molar-refractivity contribution in [1.29, 1.82) is 0 Å². The molecule has 6 nitrogen and oxygen atoms in total. The molecular formula is C22H22ClN3O3. The molecule has 0 aliphatic carbocycles. The predicted molar refractivity (Wildman–Crippen MR) is 113 cm³/mol. The Morgan fingerprint density at radius 1 is 1.00 bits per heavy atom. The standard InChI is InChI=1S/C22H22ClN3O3/c1-2-24(15-18-10-6-7-11-19(18)23)21(28)16-26-20(27)12-13-25(22(26)29)14-17-8-4-3-5-9-17/h3-13H,2,14-16H2,1H3. The first-order valence-corrected chi connectivity index (χ1v) is 9.72. The smallest absolute Gasteiger partial charge is 0.331 e. The Morgan fingerprint density at radius 3 is 2.38 bits per heavy atom. The summed E-state index contributed by atoms with van der Waals surface area (Å²) in [5.41, 5.74) is 0.733. The van der Waals surface area contributed by atoms with Crippen molar-refractivity contribution in [2.45, 2.75) is 26.6 Å². The predicted octanol–water partition coefficient (Wildman–Crippen LogP) is 2.76. The summed E-state index contributed by atoms with van der Waals surface area (Å²) in [5, 5.41) is 0.570. The van der Waals surface area contributed by atoms with Gasteiger partial charge in [0.2, 0.25) is 5.91 Å². The highest BCUT2D eigenvalue weighted by Gasteiger charge is 2.17. The van der Waals surface area contributed by atoms with Gasteiger partial charge in [-0.05, 0) is 24.1 Å². The lowest BCUT2D eigenvalue weighted by Gasteiger charge is -2.22. The quantitative estimate of drug-likeness (QED) is 0.600. The number of carbonyl (C=O) groups excluding carboxylic acids is 1. The third-order valence-electron chi connectivity index (χ3n) is 4.68. The molecule has 0 N–H and O–H groups in total. The van der Waals surface area contributed by atoms with Crippen molar-refractivity contribution in [3.63, 3.8) is 0 Å². The van der Waals surface area contributed by atoms with Crippen LogP contribution in [0.4, 0.5) is 0 Å². The van der Waals surface area contributed by atoms with Crippen LogP contribution in [-0.4, -0.2) is 26.5 Å². The fraction of sp³-hybridized carbons (Fsp3) is 0.227. The summed E-state index contributed by atoms with van der Waals surface area (Å²) >= 11 is 6.19. The van der Waals surface area contributed by atoms with Gasteiger partial charge in [0.25, 0.3) is 5.56 Å². The average molecular weight is 412 g/mol. The van der Waals surface area contributed by atoms with Crippen LogP contribution in [0.15, 0.2) is 76.4 Å². The molecule has 1 heterocycles. The van der Waals surface area contributed by atoms with Crippen molar-refractivity contribution in [3.8, 4) is 0 Å². The maximum atomic E-state index is 12.8. The fourth-order valence-corrected chi connectivity index (χ4v) is 3.24. The van der Waals surface area contributed by atoms with Crippen LogP contribution >= 0.6 is 11.6 Å². The second-order valence-electron chi connectivity index (χ2n) is 6.64. The Labute approximate surface area is 173 Å². The van der Waals surface area contributed by atoms with Gasteiger partial charge in [0, 0.05) is 30.4 Å². The Bertz CT molecular complexity index is 1110. The van der Waals surface area contributed by atoms with E-state index >= 15 is 0 Å². The Hall–Kier alpha value is -3.12. The highest BCUT2D eigenvalue weighted by Crippen LogP contribution is 2.17. The number of likely N-dealkylation sites (N-methyl/N-ethyl adjacent to an activating group) is 1. The zero-order valence-electron chi connectivity index (χ0n) is 16.1. The van der Waals surface area contributed by atoms with E-state index in [1.165, 1.54) is 16.8 Å². The van der Waals surface area contributed by atoms with Crippen molar-refractivity contribution in [1.82, 2.24) is 14.0 Å². The van der Waals surface area contributed by atoms with Gasteiger partial charge in [0.05, 0.1) is 6.54 Å². The van der Waals surface area contributed by atoms with Gasteiger partial charge in [-0.15, -0.1) is 0 Å². The molecular weight excluding hydrogens is 390 g/mol. The lowest BCUT2D eigenvalue weighted by Crippen LogP contribution is -2.44. The van der Waals surface area contributed by atoms with Crippen molar-refractivity contribution >= 4 is 17.5 Å². The van der Waals surface area contributed by atoms with Gasteiger partial charge in [-0.2, -0.15) is 0 Å². The molecule has 0 aliphatic rings. The van der Waals surface area contributed by atoms with E-state index in [4.69, 9.17) is 11.6 Å². The maximum absolute atomic E-state index is 12.8. The number of benzene rings is 2. The molecule has 3 rings (SSSR count). The minimum atomic E-state index is -0.511. The average Bonchev–Trinajstić information content (AvgIpc) is 2.73. The van der Waals surface area contributed by atoms with Crippen LogP contribution in [0.5, 0.6) is 0 Å². The molecule has 0 saturated carbocycles. The maximum Gasteiger partial charge on any atom is 0.331 e. The molecule has 0 spiro atoms. The number of rotatable bonds is 7. The molecule has 0 fully saturated rings. The van der Waals surface area contributed by atoms with Gasteiger partial charge in [-0.25, -0.2) is 4.79 Å². The van der Waals surface area contributed by atoms with Crippen LogP contribution in [0.3, 0.4) is 0 Å². The molecule has 7 heteroatoms. The lowest BCUT2D eigenvalue weighted by atomic mass is 10.2. The number of hydrogen-bond donors (Lipinski definition) is 0. The van der Waals surface area contributed by atoms with Gasteiger partial charge in [0.15, 0.2) is 0 Å². The monoisotopic (exact) mass is 411 g/mol. The first-order valence-electron chi connectivity index (χ1n) is 9.35. The molecule has 0 atom stereocenters. The van der Waals surface area contributed by atoms with Crippen molar-refractivity contribution < 1.29 is 4.79 Å². The van der Waals surface area contributed by atoms with E-state index in [0.717, 1.165) is 15.7 Å². The molecule has 0 aliphatic heterocycles. The molecule has 1 aromatic heterocycles. The topological polar surface area (TPSA) is 64.3 Å². The molecule has 2 aromatic carbocycles. The summed E-state index contributed by atoms with van der Waals surface area (Å²) < 4.78 is 2.40. The lowest BCUT2D eigenvalue weighted by molar-refractivity contribution is -0.132. The van der Waals surface area contributed by atoms with Crippen LogP contribution in [0, 0.1) is 0 Å². The van der Waals surface area contributed by atoms with Gasteiger partial charge in [0.1, 0.15) is 6.54 Å². The van der Waals surface area contributed by atoms with E-state index in [0.29, 0.717) is 24.7 Å². The van der Waals surface area contributed by atoms with Crippen LogP contribution in [-0.2, 0) is 24.4 Å². The summed E-state index contributed by atoms with van der Waals surface area (Å²) in [4.78, 5) is 39.4. The first-order chi connectivity index (χ1) is 14.0. The third-order valence-corrected chi connectivity index (χ3v) is 5.05. The number of halogens is 1. The molecule has 0 bridgehead atoms. The Morgan fingerprint density at radius 2 is 1.69 bits per heavy atom. The van der Waals surface area contributed by atoms with E-state index in [9.17, 15) is 14.4 Å². The third kappa shape index (κ3) is 5.03. The highest BCUT2D eigenvalue weighted by molar-refractivity contribution is 6.31. The minimum Gasteiger partial charge on any atom is -0.337 e. The van der Waals surface area contributed by atoms with Gasteiger partial charge in [-0.1, -0.05) is 60.1 Å². The number of hydrogen-bond acceptors (Lipinski definition) is 3. The van der Waals surface area contributed by atoms with Crippen molar-refractivity contribution in [2.24, 2.45) is 0 Å². The summed E-state index contributed by atoms with van der Waals surface area (Å²) in [6, 6.07) is 18.0. The Balaban J connectivity index is 1.82. The number of carbonyl (C=O) groups is 1. The van der Waals surface area contributed by atoms with Crippen molar-refractivity contribution in [3.05, 3.63) is 104 Å². The largest absolute Gasteiger partial charge is 0.337 e. The fourth-order valence-electron chi connectivity index (χ4n) is 3.05. The van der Waals surface area contributed by atoms with E-state index in [-0.39, 0.29) is 12.5 Å². The summed E-state index contributed by atoms with van der Waals surface area (Å²) in [6.07, 6.45) is 1.46. The Kier molecular flexibility index (Phi) is 6.67. The van der Waals surface area contributed by atoms with Gasteiger partial charge < -0.3 is 4.90 Å². The van der Waals surface area contributed by atoms with Crippen molar-refractivity contribution in [2.75, 3.05) is 6.54 Å². The van der Waals surface area contributed by atoms with Gasteiger partial charge >= 0.3 is 5.69 Å². The molecule has 0 radical (unpaired) electrons. The highest BCUT2D eigenvalue weighted by atomic mass is 35.5. The minimum absolute atomic E-state index is 0.314. The van der Waals surface area contributed by atoms with Crippen LogP contribution in [0.25, 0.3) is 0 Å². The first kappa shape index (κ1) is 20.6. The molecule has 150 valence electrons. The van der Waals surface area contributed by atoms with Gasteiger partial charge in [-0.3, -0.25) is 18.7 Å². The molecule has 29 heavy (non-hydrogen) atoms. The summed E-state index contributed by atoms with van der Waals surface area (Å²) in [7, 11) is 0.